The highest BCUT2D eigenvalue weighted by Crippen LogP contribution is 2.40. The van der Waals surface area contributed by atoms with Crippen LogP contribution in [-0.4, -0.2) is 58.4 Å². The number of rotatable bonds is 4. The first-order valence-corrected chi connectivity index (χ1v) is 10.5. The first-order valence-electron chi connectivity index (χ1n) is 9.07. The van der Waals surface area contributed by atoms with Crippen LogP contribution in [0.25, 0.3) is 0 Å². The third kappa shape index (κ3) is 2.61. The Kier molecular flexibility index (Phi) is 3.58. The first-order chi connectivity index (χ1) is 12.5. The van der Waals surface area contributed by atoms with E-state index >= 15 is 0 Å². The van der Waals surface area contributed by atoms with Gasteiger partial charge in [-0.1, -0.05) is 0 Å². The van der Waals surface area contributed by atoms with E-state index in [0.717, 1.165) is 24.6 Å². The molecule has 2 aromatic heterocycles. The van der Waals surface area contributed by atoms with Crippen molar-refractivity contribution in [3.05, 3.63) is 30.5 Å². The number of anilines is 1. The third-order valence-electron chi connectivity index (χ3n) is 5.79. The molecule has 2 saturated heterocycles. The molecule has 1 saturated carbocycles. The molecule has 3 aliphatic rings. The first kappa shape index (κ1) is 16.2. The second-order valence-electron chi connectivity index (χ2n) is 7.64. The fourth-order valence-electron chi connectivity index (χ4n) is 4.19. The minimum atomic E-state index is -3.52. The second-order valence-corrected chi connectivity index (χ2v) is 9.47. The van der Waals surface area contributed by atoms with Crippen molar-refractivity contribution >= 4 is 15.8 Å². The summed E-state index contributed by atoms with van der Waals surface area (Å²) in [5.74, 6) is 2.26. The lowest BCUT2D eigenvalue weighted by molar-refractivity contribution is 0.444. The fraction of sp³-hybridized carbons (Fsp3) is 0.588. The van der Waals surface area contributed by atoms with Crippen LogP contribution in [0.4, 0.5) is 5.82 Å². The highest BCUT2D eigenvalue weighted by Gasteiger charge is 2.45. The molecule has 0 aromatic carbocycles. The summed E-state index contributed by atoms with van der Waals surface area (Å²) >= 11 is 0. The molecular formula is C17H22N6O2S. The summed E-state index contributed by atoms with van der Waals surface area (Å²) < 4.78 is 28.8. The Hall–Kier alpha value is -2.00. The molecule has 0 radical (unpaired) electrons. The maximum Gasteiger partial charge on any atom is 0.277 e. The lowest BCUT2D eigenvalue weighted by atomic mass is 10.0. The van der Waals surface area contributed by atoms with Crippen LogP contribution < -0.4 is 4.90 Å². The molecule has 1 aliphatic carbocycles. The van der Waals surface area contributed by atoms with Crippen molar-refractivity contribution in [2.75, 3.05) is 31.1 Å². The average molecular weight is 374 g/mol. The van der Waals surface area contributed by atoms with Gasteiger partial charge in [0.25, 0.3) is 10.0 Å². The summed E-state index contributed by atoms with van der Waals surface area (Å²) in [4.78, 5) is 15.2. The monoisotopic (exact) mass is 374 g/mol. The summed E-state index contributed by atoms with van der Waals surface area (Å²) in [5.41, 5.74) is 1.14. The van der Waals surface area contributed by atoms with Gasteiger partial charge >= 0.3 is 0 Å². The maximum absolute atomic E-state index is 12.8. The number of aromatic nitrogens is 4. The highest BCUT2D eigenvalue weighted by molar-refractivity contribution is 7.89. The van der Waals surface area contributed by atoms with E-state index in [2.05, 4.69) is 25.9 Å². The van der Waals surface area contributed by atoms with Crippen LogP contribution in [0, 0.1) is 11.8 Å². The number of fused-ring (bicyclic) bond motifs is 1. The van der Waals surface area contributed by atoms with Gasteiger partial charge < -0.3 is 9.47 Å². The smallest absolute Gasteiger partial charge is 0.277 e. The third-order valence-corrected chi connectivity index (χ3v) is 7.63. The summed E-state index contributed by atoms with van der Waals surface area (Å²) in [5, 5.41) is 0.124. The van der Waals surface area contributed by atoms with E-state index in [1.165, 1.54) is 19.0 Å². The Balaban J connectivity index is 1.31. The van der Waals surface area contributed by atoms with Gasteiger partial charge in [0, 0.05) is 63.3 Å². The van der Waals surface area contributed by atoms with Crippen molar-refractivity contribution in [2.45, 2.75) is 23.9 Å². The van der Waals surface area contributed by atoms with Gasteiger partial charge in [-0.2, -0.15) is 4.31 Å². The van der Waals surface area contributed by atoms with Gasteiger partial charge in [0.1, 0.15) is 12.1 Å². The molecule has 2 unspecified atom stereocenters. The fourth-order valence-corrected chi connectivity index (χ4v) is 5.81. The van der Waals surface area contributed by atoms with Gasteiger partial charge in [-0.3, -0.25) is 0 Å². The SMILES string of the molecule is Cn1ccnc1S(=O)(=O)N1CC2CN(c3cc(C4CC4)ncn3)CC2C1. The van der Waals surface area contributed by atoms with Crippen LogP contribution in [0.15, 0.2) is 29.9 Å². The van der Waals surface area contributed by atoms with Gasteiger partial charge in [0.15, 0.2) is 0 Å². The molecule has 2 aromatic rings. The molecule has 0 spiro atoms. The molecule has 0 amide bonds. The van der Waals surface area contributed by atoms with Gasteiger partial charge in [0.2, 0.25) is 5.16 Å². The minimum Gasteiger partial charge on any atom is -0.356 e. The molecule has 9 heteroatoms. The van der Waals surface area contributed by atoms with Crippen LogP contribution in [0.5, 0.6) is 0 Å². The molecule has 2 aliphatic heterocycles. The molecule has 3 fully saturated rings. The van der Waals surface area contributed by atoms with Crippen molar-refractivity contribution in [1.29, 1.82) is 0 Å². The summed E-state index contributed by atoms with van der Waals surface area (Å²) in [6.07, 6.45) is 7.30. The van der Waals surface area contributed by atoms with Crippen molar-refractivity contribution in [3.8, 4) is 0 Å². The molecule has 0 bridgehead atoms. The van der Waals surface area contributed by atoms with Crippen molar-refractivity contribution in [1.82, 2.24) is 23.8 Å². The van der Waals surface area contributed by atoms with Crippen LogP contribution in [-0.2, 0) is 17.1 Å². The van der Waals surface area contributed by atoms with Crippen LogP contribution >= 0.6 is 0 Å². The number of aryl methyl sites for hydroxylation is 1. The largest absolute Gasteiger partial charge is 0.356 e. The molecule has 0 N–H and O–H groups in total. The molecule has 2 atom stereocenters. The quantitative estimate of drug-likeness (QED) is 0.789. The van der Waals surface area contributed by atoms with E-state index in [-0.39, 0.29) is 5.16 Å². The lowest BCUT2D eigenvalue weighted by Crippen LogP contribution is -2.34. The van der Waals surface area contributed by atoms with E-state index in [0.29, 0.717) is 30.8 Å². The predicted octanol–water partition coefficient (Wildman–Crippen LogP) is 0.844. The number of sulfonamides is 1. The molecule has 138 valence electrons. The summed E-state index contributed by atoms with van der Waals surface area (Å²) in [6.45, 7) is 2.80. The van der Waals surface area contributed by atoms with Gasteiger partial charge in [-0.25, -0.2) is 23.4 Å². The number of imidazole rings is 1. The average Bonchev–Trinajstić information content (AvgIpc) is 3.05. The van der Waals surface area contributed by atoms with E-state index in [1.807, 2.05) is 0 Å². The molecular weight excluding hydrogens is 352 g/mol. The molecule has 26 heavy (non-hydrogen) atoms. The van der Waals surface area contributed by atoms with Gasteiger partial charge in [-0.15, -0.1) is 0 Å². The van der Waals surface area contributed by atoms with E-state index in [4.69, 9.17) is 0 Å². The standard InChI is InChI=1S/C17H22N6O2S/c1-21-5-4-18-17(21)26(24,25)23-9-13-7-22(8-14(13)10-23)16-6-15(12-2-3-12)19-11-20-16/h4-6,11-14H,2-3,7-10H2,1H3. The van der Waals surface area contributed by atoms with E-state index < -0.39 is 10.0 Å². The Morgan fingerprint density at radius 1 is 1.04 bits per heavy atom. The van der Waals surface area contributed by atoms with Gasteiger partial charge in [-0.05, 0) is 24.7 Å². The molecule has 4 heterocycles. The summed E-state index contributed by atoms with van der Waals surface area (Å²) in [7, 11) is -1.81. The normalized spacial score (nSPS) is 26.4. The number of hydrogen-bond donors (Lipinski definition) is 0. The van der Waals surface area contributed by atoms with E-state index in [9.17, 15) is 8.42 Å². The summed E-state index contributed by atoms with van der Waals surface area (Å²) in [6, 6.07) is 2.11. The Morgan fingerprint density at radius 2 is 1.77 bits per heavy atom. The minimum absolute atomic E-state index is 0.124. The van der Waals surface area contributed by atoms with Crippen LogP contribution in [0.2, 0.25) is 0 Å². The van der Waals surface area contributed by atoms with Crippen molar-refractivity contribution in [3.63, 3.8) is 0 Å². The van der Waals surface area contributed by atoms with Crippen LogP contribution in [0.3, 0.4) is 0 Å². The zero-order chi connectivity index (χ0) is 17.9. The van der Waals surface area contributed by atoms with Gasteiger partial charge in [0.05, 0.1) is 0 Å². The van der Waals surface area contributed by atoms with Crippen molar-refractivity contribution in [2.24, 2.45) is 18.9 Å². The molecule has 5 rings (SSSR count). The zero-order valence-electron chi connectivity index (χ0n) is 14.7. The Morgan fingerprint density at radius 3 is 2.38 bits per heavy atom. The molecule has 8 nitrogen and oxygen atoms in total. The van der Waals surface area contributed by atoms with Crippen molar-refractivity contribution < 1.29 is 8.42 Å². The second kappa shape index (κ2) is 5.75. The maximum atomic E-state index is 12.8. The van der Waals surface area contributed by atoms with E-state index in [1.54, 1.807) is 28.4 Å². The number of nitrogens with zero attached hydrogens (tertiary/aromatic N) is 6. The van der Waals surface area contributed by atoms with Crippen LogP contribution in [0.1, 0.15) is 24.5 Å². The number of hydrogen-bond acceptors (Lipinski definition) is 6. The predicted molar refractivity (Wildman–Crippen MR) is 95.2 cm³/mol. The Labute approximate surface area is 152 Å². The Bertz CT molecular complexity index is 924. The highest BCUT2D eigenvalue weighted by atomic mass is 32.2. The zero-order valence-corrected chi connectivity index (χ0v) is 15.5. The lowest BCUT2D eigenvalue weighted by Gasteiger charge is -2.22. The topological polar surface area (TPSA) is 84.2 Å².